The van der Waals surface area contributed by atoms with Crippen molar-refractivity contribution in [3.63, 3.8) is 0 Å². The smallest absolute Gasteiger partial charge is 0.317 e. The molecule has 26 heavy (non-hydrogen) atoms. The van der Waals surface area contributed by atoms with Gasteiger partial charge in [-0.25, -0.2) is 0 Å². The summed E-state index contributed by atoms with van der Waals surface area (Å²) in [6.45, 7) is 0. The summed E-state index contributed by atoms with van der Waals surface area (Å²) < 4.78 is 4.92. The lowest BCUT2D eigenvalue weighted by molar-refractivity contribution is -0.149. The Balaban J connectivity index is 2.00. The number of hydrogen-bond acceptors (Lipinski definition) is 4. The van der Waals surface area contributed by atoms with E-state index >= 15 is 0 Å². The summed E-state index contributed by atoms with van der Waals surface area (Å²) in [6, 6.07) is 17.8. The van der Waals surface area contributed by atoms with Gasteiger partial charge in [-0.05, 0) is 41.3 Å². The van der Waals surface area contributed by atoms with Crippen LogP contribution in [0.1, 0.15) is 23.5 Å². The first kappa shape index (κ1) is 17.9. The molecule has 2 atom stereocenters. The molecule has 0 fully saturated rings. The van der Waals surface area contributed by atoms with Gasteiger partial charge in [0.2, 0.25) is 0 Å². The van der Waals surface area contributed by atoms with Crippen LogP contribution in [0.15, 0.2) is 60.7 Å². The number of carbonyl (C=O) groups excluding carboxylic acids is 2. The highest BCUT2D eigenvalue weighted by molar-refractivity contribution is 6.10. The molecule has 0 N–H and O–H groups in total. The van der Waals surface area contributed by atoms with Crippen molar-refractivity contribution in [2.75, 3.05) is 26.1 Å². The van der Waals surface area contributed by atoms with Crippen molar-refractivity contribution in [2.24, 2.45) is 5.92 Å². The number of rotatable bonds is 4. The minimum absolute atomic E-state index is 0.191. The van der Waals surface area contributed by atoms with E-state index < -0.39 is 11.9 Å². The van der Waals surface area contributed by atoms with E-state index in [0.29, 0.717) is 6.42 Å². The second-order valence-electron chi connectivity index (χ2n) is 6.74. The third-order valence-electron chi connectivity index (χ3n) is 4.90. The van der Waals surface area contributed by atoms with Crippen molar-refractivity contribution in [3.05, 3.63) is 71.8 Å². The highest BCUT2D eigenvalue weighted by Gasteiger charge is 2.39. The predicted molar refractivity (Wildman–Crippen MR) is 103 cm³/mol. The number of hydrogen-bond donors (Lipinski definition) is 0. The Morgan fingerprint density at radius 3 is 2.27 bits per heavy atom. The Morgan fingerprint density at radius 1 is 1.04 bits per heavy atom. The normalized spacial score (nSPS) is 19.7. The van der Waals surface area contributed by atoms with Gasteiger partial charge >= 0.3 is 5.97 Å². The largest absolute Gasteiger partial charge is 0.468 e. The lowest BCUT2D eigenvalue weighted by atomic mass is 9.73. The van der Waals surface area contributed by atoms with E-state index in [4.69, 9.17) is 4.74 Å². The molecule has 1 aliphatic rings. The van der Waals surface area contributed by atoms with Crippen LogP contribution in [-0.4, -0.2) is 33.0 Å². The van der Waals surface area contributed by atoms with E-state index in [-0.39, 0.29) is 11.7 Å². The lowest BCUT2D eigenvalue weighted by Crippen LogP contribution is -2.33. The van der Waals surface area contributed by atoms with E-state index in [1.54, 1.807) is 6.08 Å². The van der Waals surface area contributed by atoms with Gasteiger partial charge in [-0.3, -0.25) is 9.59 Å². The molecule has 0 unspecified atom stereocenters. The van der Waals surface area contributed by atoms with Crippen LogP contribution in [0.4, 0.5) is 5.69 Å². The molecule has 0 radical (unpaired) electrons. The fraction of sp³-hybridized carbons (Fsp3) is 0.273. The number of ether oxygens (including phenoxy) is 1. The summed E-state index contributed by atoms with van der Waals surface area (Å²) in [5, 5.41) is 0. The molecular formula is C22H23NO3. The van der Waals surface area contributed by atoms with E-state index in [1.165, 1.54) is 7.11 Å². The Hall–Kier alpha value is -2.88. The predicted octanol–water partition coefficient (Wildman–Crippen LogP) is 3.68. The van der Waals surface area contributed by atoms with E-state index in [1.807, 2.05) is 73.6 Å². The quantitative estimate of drug-likeness (QED) is 0.624. The van der Waals surface area contributed by atoms with E-state index in [9.17, 15) is 9.59 Å². The van der Waals surface area contributed by atoms with Gasteiger partial charge in [-0.15, -0.1) is 0 Å². The van der Waals surface area contributed by atoms with Crippen LogP contribution in [0.5, 0.6) is 0 Å². The highest BCUT2D eigenvalue weighted by Crippen LogP contribution is 2.40. The molecule has 2 aromatic carbocycles. The number of anilines is 1. The number of benzene rings is 2. The van der Waals surface area contributed by atoms with Crippen LogP contribution in [0.3, 0.4) is 0 Å². The van der Waals surface area contributed by atoms with Gasteiger partial charge in [0.05, 0.1) is 7.11 Å². The zero-order valence-corrected chi connectivity index (χ0v) is 15.3. The topological polar surface area (TPSA) is 46.6 Å². The van der Waals surface area contributed by atoms with Crippen molar-refractivity contribution in [1.29, 1.82) is 0 Å². The molecule has 0 bridgehead atoms. The summed E-state index contributed by atoms with van der Waals surface area (Å²) in [6.07, 6.45) is 2.22. The Bertz CT molecular complexity index is 822. The van der Waals surface area contributed by atoms with Crippen LogP contribution in [0.2, 0.25) is 0 Å². The number of allylic oxidation sites excluding steroid dienone is 2. The van der Waals surface area contributed by atoms with Gasteiger partial charge < -0.3 is 9.64 Å². The Labute approximate surface area is 154 Å². The average molecular weight is 349 g/mol. The summed E-state index contributed by atoms with van der Waals surface area (Å²) in [7, 11) is 5.29. The van der Waals surface area contributed by atoms with Crippen molar-refractivity contribution in [1.82, 2.24) is 0 Å². The van der Waals surface area contributed by atoms with Crippen LogP contribution < -0.4 is 4.90 Å². The van der Waals surface area contributed by atoms with Crippen molar-refractivity contribution in [2.45, 2.75) is 12.3 Å². The van der Waals surface area contributed by atoms with E-state index in [2.05, 4.69) is 0 Å². The number of carbonyl (C=O) groups is 2. The fourth-order valence-corrected chi connectivity index (χ4v) is 3.46. The van der Waals surface area contributed by atoms with Crippen LogP contribution in [-0.2, 0) is 14.3 Å². The van der Waals surface area contributed by atoms with Gasteiger partial charge in [0, 0.05) is 25.7 Å². The highest BCUT2D eigenvalue weighted by atomic mass is 16.5. The molecule has 4 heteroatoms. The van der Waals surface area contributed by atoms with Crippen LogP contribution >= 0.6 is 0 Å². The molecule has 1 aliphatic carbocycles. The maximum atomic E-state index is 12.8. The first-order chi connectivity index (χ1) is 12.5. The van der Waals surface area contributed by atoms with Crippen molar-refractivity contribution < 1.29 is 14.3 Å². The molecule has 0 spiro atoms. The van der Waals surface area contributed by atoms with Crippen LogP contribution in [0, 0.1) is 5.92 Å². The van der Waals surface area contributed by atoms with E-state index in [0.717, 1.165) is 22.4 Å². The van der Waals surface area contributed by atoms with Gasteiger partial charge in [0.1, 0.15) is 5.92 Å². The molecule has 3 rings (SSSR count). The maximum Gasteiger partial charge on any atom is 0.317 e. The molecule has 0 aliphatic heterocycles. The average Bonchev–Trinajstić information content (AvgIpc) is 2.67. The first-order valence-electron chi connectivity index (χ1n) is 8.66. The number of ketones is 1. The standard InChI is InChI=1S/C22H23NO3/c1-23(2)18-11-9-16(10-12-18)19-13-17(15-7-5-4-6-8-15)14-20(24)21(19)22(25)26-3/h4-12,14,19,21H,13H2,1-3H3/t19-,21-/m0/s1. The van der Waals surface area contributed by atoms with Gasteiger partial charge in [0.25, 0.3) is 0 Å². The molecule has 2 aromatic rings. The molecule has 0 saturated carbocycles. The maximum absolute atomic E-state index is 12.8. The molecule has 0 saturated heterocycles. The van der Waals surface area contributed by atoms with Crippen molar-refractivity contribution >= 4 is 23.0 Å². The summed E-state index contributed by atoms with van der Waals surface area (Å²) in [4.78, 5) is 27.1. The van der Waals surface area contributed by atoms with Crippen molar-refractivity contribution in [3.8, 4) is 0 Å². The van der Waals surface area contributed by atoms with Gasteiger partial charge in [-0.1, -0.05) is 42.5 Å². The number of nitrogens with zero attached hydrogens (tertiary/aromatic N) is 1. The second-order valence-corrected chi connectivity index (χ2v) is 6.74. The molecule has 0 aromatic heterocycles. The van der Waals surface area contributed by atoms with Crippen LogP contribution in [0.25, 0.3) is 5.57 Å². The SMILES string of the molecule is COC(=O)[C@@H]1C(=O)C=C(c2ccccc2)C[C@H]1c1ccc(N(C)C)cc1. The molecule has 0 heterocycles. The summed E-state index contributed by atoms with van der Waals surface area (Å²) in [5.74, 6) is -1.69. The molecule has 0 amide bonds. The Kier molecular flexibility index (Phi) is 5.21. The van der Waals surface area contributed by atoms with Gasteiger partial charge in [0.15, 0.2) is 5.78 Å². The number of methoxy groups -OCH3 is 1. The first-order valence-corrected chi connectivity index (χ1v) is 8.66. The molecule has 4 nitrogen and oxygen atoms in total. The fourth-order valence-electron chi connectivity index (χ4n) is 3.46. The Morgan fingerprint density at radius 2 is 1.69 bits per heavy atom. The molecule has 134 valence electrons. The molecular weight excluding hydrogens is 326 g/mol. The zero-order valence-electron chi connectivity index (χ0n) is 15.3. The van der Waals surface area contributed by atoms with Gasteiger partial charge in [-0.2, -0.15) is 0 Å². The third-order valence-corrected chi connectivity index (χ3v) is 4.90. The minimum Gasteiger partial charge on any atom is -0.468 e. The second kappa shape index (κ2) is 7.56. The summed E-state index contributed by atoms with van der Waals surface area (Å²) >= 11 is 0. The minimum atomic E-state index is -0.794. The monoisotopic (exact) mass is 349 g/mol. The number of esters is 1. The third kappa shape index (κ3) is 3.54. The summed E-state index contributed by atoms with van der Waals surface area (Å²) in [5.41, 5.74) is 4.02. The zero-order chi connectivity index (χ0) is 18.7. The lowest BCUT2D eigenvalue weighted by Gasteiger charge is -2.29.